The van der Waals surface area contributed by atoms with Crippen LogP contribution in [-0.2, 0) is 10.0 Å². The molecule has 78 valence electrons. The van der Waals surface area contributed by atoms with Crippen LogP contribution in [0, 0.1) is 0 Å². The first-order valence-corrected chi connectivity index (χ1v) is 5.98. The summed E-state index contributed by atoms with van der Waals surface area (Å²) in [5.74, 6) is 0. The number of halogens is 1. The summed E-state index contributed by atoms with van der Waals surface area (Å²) in [5, 5.41) is 5.84. The predicted octanol–water partition coefficient (Wildman–Crippen LogP) is 1.54. The number of fused-ring (bicyclic) bond motifs is 1. The lowest BCUT2D eigenvalue weighted by molar-refractivity contribution is 0.598. The van der Waals surface area contributed by atoms with Crippen molar-refractivity contribution in [3.8, 4) is 0 Å². The average Bonchev–Trinajstić information content (AvgIpc) is 2.15. The van der Waals surface area contributed by atoms with Gasteiger partial charge >= 0.3 is 0 Å². The summed E-state index contributed by atoms with van der Waals surface area (Å²) in [7, 11) is -3.85. The van der Waals surface area contributed by atoms with Gasteiger partial charge in [0.2, 0.25) is 10.0 Å². The first-order valence-electron chi connectivity index (χ1n) is 4.06. The number of nitrogens with zero attached hydrogens (tertiary/aromatic N) is 1. The van der Waals surface area contributed by atoms with Gasteiger partial charge in [-0.1, -0.05) is 23.7 Å². The molecular weight excluding hydrogens is 236 g/mol. The number of pyridine rings is 1. The van der Waals surface area contributed by atoms with E-state index in [0.717, 1.165) is 0 Å². The molecule has 0 amide bonds. The molecule has 0 atom stereocenters. The third-order valence-corrected chi connectivity index (χ3v) is 3.37. The van der Waals surface area contributed by atoms with Crippen molar-refractivity contribution in [1.82, 2.24) is 4.98 Å². The summed E-state index contributed by atoms with van der Waals surface area (Å²) in [4.78, 5) is 3.84. The fraction of sp³-hybridized carbons (Fsp3) is 0. The highest BCUT2D eigenvalue weighted by atomic mass is 35.5. The lowest BCUT2D eigenvalue weighted by Crippen LogP contribution is -2.13. The molecule has 4 nitrogen and oxygen atoms in total. The summed E-state index contributed by atoms with van der Waals surface area (Å²) in [6.45, 7) is 0. The summed E-state index contributed by atoms with van der Waals surface area (Å²) in [6.07, 6.45) is 1.49. The van der Waals surface area contributed by atoms with Gasteiger partial charge in [-0.05, 0) is 12.1 Å². The Labute approximate surface area is 91.7 Å². The molecule has 1 aromatic carbocycles. The Hall–Kier alpha value is -1.17. The molecule has 0 bridgehead atoms. The first-order chi connectivity index (χ1) is 7.00. The number of primary sulfonamides is 1. The zero-order valence-electron chi connectivity index (χ0n) is 7.51. The van der Waals surface area contributed by atoms with Crippen LogP contribution in [-0.4, -0.2) is 13.4 Å². The van der Waals surface area contributed by atoms with Crippen LogP contribution in [0.4, 0.5) is 0 Å². The third kappa shape index (κ3) is 1.81. The SMILES string of the molecule is NS(=O)(=O)c1c(Cl)ccc2cccnc12. The quantitative estimate of drug-likeness (QED) is 0.824. The van der Waals surface area contributed by atoms with Crippen molar-refractivity contribution < 1.29 is 8.42 Å². The van der Waals surface area contributed by atoms with E-state index in [4.69, 9.17) is 16.7 Å². The van der Waals surface area contributed by atoms with Crippen LogP contribution in [0.2, 0.25) is 5.02 Å². The highest BCUT2D eigenvalue weighted by Crippen LogP contribution is 2.27. The van der Waals surface area contributed by atoms with Crippen molar-refractivity contribution in [3.05, 3.63) is 35.5 Å². The molecule has 0 radical (unpaired) electrons. The van der Waals surface area contributed by atoms with E-state index in [1.54, 1.807) is 18.2 Å². The highest BCUT2D eigenvalue weighted by Gasteiger charge is 2.17. The Morgan fingerprint density at radius 2 is 2.00 bits per heavy atom. The van der Waals surface area contributed by atoms with Gasteiger partial charge in [0.1, 0.15) is 4.90 Å². The van der Waals surface area contributed by atoms with Crippen LogP contribution in [0.25, 0.3) is 10.9 Å². The maximum absolute atomic E-state index is 11.3. The zero-order valence-corrected chi connectivity index (χ0v) is 9.09. The number of benzene rings is 1. The Morgan fingerprint density at radius 3 is 2.67 bits per heavy atom. The van der Waals surface area contributed by atoms with E-state index in [2.05, 4.69) is 4.98 Å². The van der Waals surface area contributed by atoms with E-state index in [-0.39, 0.29) is 9.92 Å². The van der Waals surface area contributed by atoms with Gasteiger partial charge in [0.25, 0.3) is 0 Å². The Kier molecular flexibility index (Phi) is 2.38. The Bertz CT molecular complexity index is 625. The average molecular weight is 243 g/mol. The minimum absolute atomic E-state index is 0.0868. The summed E-state index contributed by atoms with van der Waals surface area (Å²) in [5.41, 5.74) is 0.299. The molecule has 0 aliphatic carbocycles. The van der Waals surface area contributed by atoms with Gasteiger partial charge in [-0.25, -0.2) is 13.6 Å². The highest BCUT2D eigenvalue weighted by molar-refractivity contribution is 7.89. The molecule has 2 rings (SSSR count). The molecule has 2 N–H and O–H groups in total. The van der Waals surface area contributed by atoms with Crippen LogP contribution in [0.5, 0.6) is 0 Å². The molecular formula is C9H7ClN2O2S. The van der Waals surface area contributed by atoms with Gasteiger partial charge in [-0.3, -0.25) is 4.98 Å². The van der Waals surface area contributed by atoms with Crippen LogP contribution < -0.4 is 5.14 Å². The van der Waals surface area contributed by atoms with E-state index < -0.39 is 10.0 Å². The van der Waals surface area contributed by atoms with Crippen molar-refractivity contribution in [2.24, 2.45) is 5.14 Å². The van der Waals surface area contributed by atoms with Crippen LogP contribution in [0.1, 0.15) is 0 Å². The maximum Gasteiger partial charge on any atom is 0.241 e. The molecule has 15 heavy (non-hydrogen) atoms. The van der Waals surface area contributed by atoms with Crippen molar-refractivity contribution >= 4 is 32.5 Å². The second kappa shape index (κ2) is 3.44. The fourth-order valence-electron chi connectivity index (χ4n) is 1.36. The van der Waals surface area contributed by atoms with E-state index in [9.17, 15) is 8.42 Å². The summed E-state index contributed by atoms with van der Waals surface area (Å²) < 4.78 is 22.6. The zero-order chi connectivity index (χ0) is 11.1. The topological polar surface area (TPSA) is 73.1 Å². The van der Waals surface area contributed by atoms with Crippen LogP contribution >= 0.6 is 11.6 Å². The number of hydrogen-bond acceptors (Lipinski definition) is 3. The number of rotatable bonds is 1. The smallest absolute Gasteiger partial charge is 0.241 e. The minimum Gasteiger partial charge on any atom is -0.255 e. The molecule has 0 aliphatic heterocycles. The van der Waals surface area contributed by atoms with Gasteiger partial charge < -0.3 is 0 Å². The molecule has 0 unspecified atom stereocenters. The Balaban J connectivity index is 2.99. The van der Waals surface area contributed by atoms with Gasteiger partial charge in [-0.15, -0.1) is 0 Å². The second-order valence-electron chi connectivity index (χ2n) is 3.00. The van der Waals surface area contributed by atoms with Crippen LogP contribution in [0.3, 0.4) is 0 Å². The number of nitrogens with two attached hydrogens (primary N) is 1. The fourth-order valence-corrected chi connectivity index (χ4v) is 2.62. The number of sulfonamides is 1. The van der Waals surface area contributed by atoms with Gasteiger partial charge in [0.05, 0.1) is 10.5 Å². The molecule has 1 heterocycles. The molecule has 2 aromatic rings. The summed E-state index contributed by atoms with van der Waals surface area (Å²) in [6, 6.07) is 6.64. The van der Waals surface area contributed by atoms with Crippen molar-refractivity contribution in [1.29, 1.82) is 0 Å². The predicted molar refractivity (Wildman–Crippen MR) is 58.1 cm³/mol. The van der Waals surface area contributed by atoms with Gasteiger partial charge in [-0.2, -0.15) is 0 Å². The number of aromatic nitrogens is 1. The van der Waals surface area contributed by atoms with Gasteiger partial charge in [0, 0.05) is 11.6 Å². The van der Waals surface area contributed by atoms with E-state index >= 15 is 0 Å². The number of hydrogen-bond donors (Lipinski definition) is 1. The molecule has 1 aromatic heterocycles. The minimum atomic E-state index is -3.85. The normalized spacial score (nSPS) is 11.9. The first kappa shape index (κ1) is 10.4. The Morgan fingerprint density at radius 1 is 1.27 bits per heavy atom. The molecule has 0 saturated carbocycles. The lowest BCUT2D eigenvalue weighted by atomic mass is 10.2. The third-order valence-electron chi connectivity index (χ3n) is 1.96. The van der Waals surface area contributed by atoms with E-state index in [1.807, 2.05) is 0 Å². The molecule has 6 heteroatoms. The standard InChI is InChI=1S/C9H7ClN2O2S/c10-7-4-3-6-2-1-5-12-8(6)9(7)15(11,13)14/h1-5H,(H2,11,13,14). The maximum atomic E-state index is 11.3. The largest absolute Gasteiger partial charge is 0.255 e. The molecule has 0 aliphatic rings. The van der Waals surface area contributed by atoms with E-state index in [0.29, 0.717) is 10.9 Å². The molecule has 0 fully saturated rings. The van der Waals surface area contributed by atoms with Crippen molar-refractivity contribution in [2.75, 3.05) is 0 Å². The lowest BCUT2D eigenvalue weighted by Gasteiger charge is -2.04. The monoisotopic (exact) mass is 242 g/mol. The van der Waals surface area contributed by atoms with Crippen molar-refractivity contribution in [3.63, 3.8) is 0 Å². The second-order valence-corrected chi connectivity index (χ2v) is 4.90. The summed E-state index contributed by atoms with van der Waals surface area (Å²) >= 11 is 5.79. The molecule has 0 saturated heterocycles. The van der Waals surface area contributed by atoms with E-state index in [1.165, 1.54) is 12.3 Å². The van der Waals surface area contributed by atoms with Crippen molar-refractivity contribution in [2.45, 2.75) is 4.90 Å². The van der Waals surface area contributed by atoms with Gasteiger partial charge in [0.15, 0.2) is 0 Å². The molecule has 0 spiro atoms. The van der Waals surface area contributed by atoms with Crippen LogP contribution in [0.15, 0.2) is 35.4 Å².